The highest BCUT2D eigenvalue weighted by atomic mass is 16.6. The van der Waals surface area contributed by atoms with E-state index in [-0.39, 0.29) is 16.9 Å². The lowest BCUT2D eigenvalue weighted by molar-refractivity contribution is -0.383. The van der Waals surface area contributed by atoms with E-state index in [1.54, 1.807) is 6.07 Å². The van der Waals surface area contributed by atoms with Gasteiger partial charge in [-0.1, -0.05) is 44.2 Å². The van der Waals surface area contributed by atoms with Gasteiger partial charge in [0.05, 0.1) is 4.92 Å². The first kappa shape index (κ1) is 19.7. The van der Waals surface area contributed by atoms with Crippen LogP contribution in [-0.4, -0.2) is 10.8 Å². The smallest absolute Gasteiger partial charge is 0.292 e. The van der Waals surface area contributed by atoms with Crippen molar-refractivity contribution in [2.75, 3.05) is 10.6 Å². The second kappa shape index (κ2) is 9.15. The zero-order valence-corrected chi connectivity index (χ0v) is 15.1. The molecule has 7 heteroatoms. The highest BCUT2D eigenvalue weighted by Crippen LogP contribution is 2.27. The summed E-state index contributed by atoms with van der Waals surface area (Å²) in [6, 6.07) is 15.2. The highest BCUT2D eigenvalue weighted by Gasteiger charge is 2.17. The Kier molecular flexibility index (Phi) is 6.67. The van der Waals surface area contributed by atoms with Crippen molar-refractivity contribution in [1.82, 2.24) is 0 Å². The van der Waals surface area contributed by atoms with Crippen molar-refractivity contribution < 1.29 is 9.72 Å². The van der Waals surface area contributed by atoms with Crippen molar-refractivity contribution >= 4 is 23.0 Å². The summed E-state index contributed by atoms with van der Waals surface area (Å²) in [7, 11) is 0. The Hall–Kier alpha value is -3.66. The molecule has 0 aromatic heterocycles. The van der Waals surface area contributed by atoms with E-state index in [1.165, 1.54) is 24.4 Å². The topological polar surface area (TPSA) is 108 Å². The van der Waals surface area contributed by atoms with Gasteiger partial charge in [-0.25, -0.2) is 0 Å². The van der Waals surface area contributed by atoms with Crippen LogP contribution in [0.3, 0.4) is 0 Å². The molecule has 2 N–H and O–H groups in total. The molecule has 0 spiro atoms. The molecule has 0 fully saturated rings. The molecule has 7 nitrogen and oxygen atoms in total. The Bertz CT molecular complexity index is 915. The van der Waals surface area contributed by atoms with Gasteiger partial charge in [0.1, 0.15) is 17.3 Å². The van der Waals surface area contributed by atoms with Gasteiger partial charge in [0.25, 0.3) is 11.6 Å². The Labute approximate surface area is 157 Å². The van der Waals surface area contributed by atoms with Crippen LogP contribution in [0.5, 0.6) is 0 Å². The fraction of sp³-hybridized carbons (Fsp3) is 0.200. The lowest BCUT2D eigenvalue weighted by Crippen LogP contribution is -2.15. The molecule has 27 heavy (non-hydrogen) atoms. The number of nitrogens with one attached hydrogen (secondary N) is 2. The molecular weight excluding hydrogens is 344 g/mol. The predicted octanol–water partition coefficient (Wildman–Crippen LogP) is 4.57. The van der Waals surface area contributed by atoms with Crippen molar-refractivity contribution in [3.05, 3.63) is 76.0 Å². The Morgan fingerprint density at radius 1 is 1.22 bits per heavy atom. The summed E-state index contributed by atoms with van der Waals surface area (Å²) in [6.07, 6.45) is 2.26. The van der Waals surface area contributed by atoms with E-state index in [9.17, 15) is 20.2 Å². The second-order valence-corrected chi connectivity index (χ2v) is 5.94. The molecule has 2 aromatic carbocycles. The molecule has 0 heterocycles. The van der Waals surface area contributed by atoms with E-state index in [2.05, 4.69) is 24.5 Å². The summed E-state index contributed by atoms with van der Waals surface area (Å²) in [6.45, 7) is 4.18. The minimum absolute atomic E-state index is 0.0358. The number of nitro benzene ring substituents is 1. The molecule has 0 saturated heterocycles. The van der Waals surface area contributed by atoms with Crippen molar-refractivity contribution in [1.29, 1.82) is 5.26 Å². The number of amides is 1. The van der Waals surface area contributed by atoms with Crippen LogP contribution in [0, 0.1) is 21.4 Å². The first-order valence-corrected chi connectivity index (χ1v) is 8.48. The Morgan fingerprint density at radius 3 is 2.48 bits per heavy atom. The fourth-order valence-electron chi connectivity index (χ4n) is 2.50. The average molecular weight is 364 g/mol. The van der Waals surface area contributed by atoms with E-state index >= 15 is 0 Å². The summed E-state index contributed by atoms with van der Waals surface area (Å²) in [4.78, 5) is 22.8. The van der Waals surface area contributed by atoms with E-state index in [0.29, 0.717) is 5.92 Å². The van der Waals surface area contributed by atoms with Gasteiger partial charge in [0.15, 0.2) is 0 Å². The van der Waals surface area contributed by atoms with Crippen LogP contribution in [0.4, 0.5) is 17.1 Å². The number of benzene rings is 2. The summed E-state index contributed by atoms with van der Waals surface area (Å²) in [5.41, 5.74) is 1.49. The van der Waals surface area contributed by atoms with Crippen LogP contribution in [0.2, 0.25) is 0 Å². The van der Waals surface area contributed by atoms with Crippen LogP contribution in [-0.2, 0) is 4.79 Å². The van der Waals surface area contributed by atoms with Crippen LogP contribution in [0.1, 0.15) is 31.7 Å². The molecule has 0 bridgehead atoms. The molecule has 2 rings (SSSR count). The maximum absolute atomic E-state index is 12.4. The predicted molar refractivity (Wildman–Crippen MR) is 104 cm³/mol. The SMILES string of the molecule is CCC(C)c1ccccc1N/C=C(/C#N)C(=O)Nc1ccccc1[N+](=O)[O-]. The molecule has 1 unspecified atom stereocenters. The number of anilines is 2. The molecule has 0 radical (unpaired) electrons. The molecule has 0 aliphatic heterocycles. The molecule has 138 valence electrons. The molecule has 0 aliphatic rings. The summed E-state index contributed by atoms with van der Waals surface area (Å²) >= 11 is 0. The normalized spacial score (nSPS) is 12.0. The Balaban J connectivity index is 2.22. The van der Waals surface area contributed by atoms with Gasteiger partial charge in [-0.05, 0) is 30.0 Å². The van der Waals surface area contributed by atoms with E-state index < -0.39 is 10.8 Å². The third-order valence-corrected chi connectivity index (χ3v) is 4.19. The maximum atomic E-state index is 12.4. The van der Waals surface area contributed by atoms with Crippen molar-refractivity contribution in [2.24, 2.45) is 0 Å². The Morgan fingerprint density at radius 2 is 1.85 bits per heavy atom. The van der Waals surface area contributed by atoms with Gasteiger partial charge < -0.3 is 10.6 Å². The minimum atomic E-state index is -0.722. The zero-order chi connectivity index (χ0) is 19.8. The lowest BCUT2D eigenvalue weighted by Gasteiger charge is -2.14. The molecule has 0 aliphatic carbocycles. The first-order chi connectivity index (χ1) is 13.0. The van der Waals surface area contributed by atoms with Crippen molar-refractivity contribution in [2.45, 2.75) is 26.2 Å². The maximum Gasteiger partial charge on any atom is 0.292 e. The van der Waals surface area contributed by atoms with E-state index in [0.717, 1.165) is 17.7 Å². The third kappa shape index (κ3) is 4.92. The fourth-order valence-corrected chi connectivity index (χ4v) is 2.50. The largest absolute Gasteiger partial charge is 0.360 e. The summed E-state index contributed by atoms with van der Waals surface area (Å²) in [5, 5.41) is 25.8. The second-order valence-electron chi connectivity index (χ2n) is 5.94. The van der Waals surface area contributed by atoms with E-state index in [4.69, 9.17) is 0 Å². The number of nitriles is 1. The zero-order valence-electron chi connectivity index (χ0n) is 15.1. The molecule has 2 aromatic rings. The number of para-hydroxylation sites is 3. The molecule has 1 atom stereocenters. The van der Waals surface area contributed by atoms with Gasteiger partial charge in [0.2, 0.25) is 0 Å². The molecular formula is C20H20N4O3. The van der Waals surface area contributed by atoms with Crippen LogP contribution < -0.4 is 10.6 Å². The minimum Gasteiger partial charge on any atom is -0.360 e. The van der Waals surface area contributed by atoms with E-state index in [1.807, 2.05) is 30.3 Å². The van der Waals surface area contributed by atoms with Crippen LogP contribution in [0.15, 0.2) is 60.3 Å². The molecule has 0 saturated carbocycles. The number of nitrogens with zero attached hydrogens (tertiary/aromatic N) is 2. The number of rotatable bonds is 7. The number of hydrogen-bond acceptors (Lipinski definition) is 5. The van der Waals surface area contributed by atoms with Crippen molar-refractivity contribution in [3.8, 4) is 6.07 Å². The van der Waals surface area contributed by atoms with Crippen molar-refractivity contribution in [3.63, 3.8) is 0 Å². The number of carbonyl (C=O) groups is 1. The van der Waals surface area contributed by atoms with Gasteiger partial charge in [0, 0.05) is 18.0 Å². The first-order valence-electron chi connectivity index (χ1n) is 8.48. The lowest BCUT2D eigenvalue weighted by atomic mass is 9.97. The average Bonchev–Trinajstić information content (AvgIpc) is 2.68. The van der Waals surface area contributed by atoms with Gasteiger partial charge in [-0.3, -0.25) is 14.9 Å². The quantitative estimate of drug-likeness (QED) is 0.324. The highest BCUT2D eigenvalue weighted by molar-refractivity contribution is 6.07. The monoisotopic (exact) mass is 364 g/mol. The number of carbonyl (C=O) groups excluding carboxylic acids is 1. The van der Waals surface area contributed by atoms with Gasteiger partial charge in [-0.2, -0.15) is 5.26 Å². The summed E-state index contributed by atoms with van der Waals surface area (Å²) in [5.74, 6) is -0.409. The third-order valence-electron chi connectivity index (χ3n) is 4.19. The molecule has 1 amide bonds. The number of nitro groups is 1. The standard InChI is InChI=1S/C20H20N4O3/c1-3-14(2)16-8-4-5-9-17(16)22-13-15(12-21)20(25)23-18-10-6-7-11-19(18)24(26)27/h4-11,13-14,22H,3H2,1-2H3,(H,23,25)/b15-13-. The summed E-state index contributed by atoms with van der Waals surface area (Å²) < 4.78 is 0. The van der Waals surface area contributed by atoms with Gasteiger partial charge in [-0.15, -0.1) is 0 Å². The van der Waals surface area contributed by atoms with Crippen LogP contribution in [0.25, 0.3) is 0 Å². The van der Waals surface area contributed by atoms with Gasteiger partial charge >= 0.3 is 0 Å². The van der Waals surface area contributed by atoms with Crippen LogP contribution >= 0.6 is 0 Å². The number of hydrogen-bond donors (Lipinski definition) is 2.